The van der Waals surface area contributed by atoms with E-state index in [0.717, 1.165) is 17.7 Å². The molecule has 25 heavy (non-hydrogen) atoms. The van der Waals surface area contributed by atoms with Gasteiger partial charge in [0.1, 0.15) is 6.61 Å². The van der Waals surface area contributed by atoms with Crippen molar-refractivity contribution in [1.29, 1.82) is 0 Å². The smallest absolute Gasteiger partial charge is 0.416 e. The van der Waals surface area contributed by atoms with E-state index in [2.05, 4.69) is 4.98 Å². The molecule has 0 radical (unpaired) electrons. The molecule has 1 aromatic carbocycles. The Hall–Kier alpha value is -2.63. The van der Waals surface area contributed by atoms with E-state index in [1.54, 1.807) is 6.33 Å². The fourth-order valence-electron chi connectivity index (χ4n) is 3.38. The molecular weight excluding hydrogens is 318 g/mol. The number of carbonyl (C=O) groups excluding carboxylic acids is 2. The molecular formula is C19H23N3O3. The molecule has 2 amide bonds. The Bertz CT molecular complexity index is 741. The minimum absolute atomic E-state index is 0.0946. The van der Waals surface area contributed by atoms with Gasteiger partial charge in [0.2, 0.25) is 5.91 Å². The minimum atomic E-state index is -0.556. The molecule has 1 fully saturated rings. The van der Waals surface area contributed by atoms with E-state index in [1.807, 2.05) is 55.1 Å². The second kappa shape index (κ2) is 7.51. The number of hydrogen-bond donors (Lipinski definition) is 0. The summed E-state index contributed by atoms with van der Waals surface area (Å²) < 4.78 is 7.28. The van der Waals surface area contributed by atoms with Crippen molar-refractivity contribution < 1.29 is 14.3 Å². The van der Waals surface area contributed by atoms with E-state index < -0.39 is 6.09 Å². The number of rotatable bonds is 5. The summed E-state index contributed by atoms with van der Waals surface area (Å²) >= 11 is 0. The molecule has 132 valence electrons. The van der Waals surface area contributed by atoms with Crippen molar-refractivity contribution in [2.75, 3.05) is 6.54 Å². The van der Waals surface area contributed by atoms with Crippen LogP contribution in [-0.2, 0) is 29.6 Å². The van der Waals surface area contributed by atoms with Gasteiger partial charge in [0.25, 0.3) is 0 Å². The molecule has 2 atom stereocenters. The van der Waals surface area contributed by atoms with Crippen molar-refractivity contribution in [2.45, 2.75) is 26.4 Å². The minimum Gasteiger partial charge on any atom is -0.444 e. The molecule has 2 unspecified atom stereocenters. The van der Waals surface area contributed by atoms with Gasteiger partial charge in [-0.25, -0.2) is 14.7 Å². The lowest BCUT2D eigenvalue weighted by Gasteiger charge is -2.15. The van der Waals surface area contributed by atoms with E-state index in [4.69, 9.17) is 4.74 Å². The molecule has 0 aliphatic carbocycles. The Kier molecular flexibility index (Phi) is 5.16. The van der Waals surface area contributed by atoms with Crippen LogP contribution in [-0.4, -0.2) is 33.0 Å². The Balaban J connectivity index is 1.64. The lowest BCUT2D eigenvalue weighted by molar-refractivity contribution is -0.129. The summed E-state index contributed by atoms with van der Waals surface area (Å²) in [5.41, 5.74) is 1.97. The molecule has 1 aliphatic rings. The van der Waals surface area contributed by atoms with Gasteiger partial charge in [-0.05, 0) is 24.3 Å². The molecule has 2 aromatic rings. The van der Waals surface area contributed by atoms with E-state index in [9.17, 15) is 9.59 Å². The van der Waals surface area contributed by atoms with E-state index in [0.29, 0.717) is 13.0 Å². The molecule has 0 saturated carbocycles. The zero-order valence-corrected chi connectivity index (χ0v) is 14.6. The van der Waals surface area contributed by atoms with Gasteiger partial charge in [-0.2, -0.15) is 0 Å². The van der Waals surface area contributed by atoms with Crippen molar-refractivity contribution in [3.05, 3.63) is 54.1 Å². The first-order valence-corrected chi connectivity index (χ1v) is 8.57. The molecule has 0 spiro atoms. The van der Waals surface area contributed by atoms with Crippen LogP contribution in [0.15, 0.2) is 42.9 Å². The average molecular weight is 341 g/mol. The number of likely N-dealkylation sites (tertiary alicyclic amines) is 1. The molecule has 6 heteroatoms. The van der Waals surface area contributed by atoms with Crippen molar-refractivity contribution in [2.24, 2.45) is 18.9 Å². The zero-order chi connectivity index (χ0) is 17.8. The highest BCUT2D eigenvalue weighted by Crippen LogP contribution is 2.30. The predicted octanol–water partition coefficient (Wildman–Crippen LogP) is 2.78. The van der Waals surface area contributed by atoms with Gasteiger partial charge in [0.15, 0.2) is 0 Å². The predicted molar refractivity (Wildman–Crippen MR) is 92.5 cm³/mol. The Morgan fingerprint density at radius 2 is 2.08 bits per heavy atom. The maximum absolute atomic E-state index is 12.6. The number of aryl methyl sites for hydroxylation is 1. The highest BCUT2D eigenvalue weighted by Gasteiger charge is 2.43. The number of aromatic nitrogens is 2. The lowest BCUT2D eigenvalue weighted by atomic mass is 9.89. The summed E-state index contributed by atoms with van der Waals surface area (Å²) in [6, 6.07) is 9.46. The number of amides is 2. The number of nitrogens with zero attached hydrogens (tertiary/aromatic N) is 3. The summed E-state index contributed by atoms with van der Waals surface area (Å²) in [6.45, 7) is 2.56. The Labute approximate surface area is 147 Å². The topological polar surface area (TPSA) is 64.4 Å². The van der Waals surface area contributed by atoms with Crippen LogP contribution in [0.5, 0.6) is 0 Å². The highest BCUT2D eigenvalue weighted by molar-refractivity contribution is 5.95. The summed E-state index contributed by atoms with van der Waals surface area (Å²) in [5, 5.41) is 0. The van der Waals surface area contributed by atoms with E-state index in [-0.39, 0.29) is 24.3 Å². The van der Waals surface area contributed by atoms with Crippen LogP contribution in [0.2, 0.25) is 0 Å². The van der Waals surface area contributed by atoms with Crippen LogP contribution in [0.1, 0.15) is 24.6 Å². The van der Waals surface area contributed by atoms with Crippen molar-refractivity contribution in [3.63, 3.8) is 0 Å². The maximum Gasteiger partial charge on any atom is 0.416 e. The van der Waals surface area contributed by atoms with Crippen LogP contribution in [0.4, 0.5) is 4.79 Å². The standard InChI is InChI=1S/C19H23N3O3/c1-3-17-15(9-16-10-20-13-21(16)2)11-22(18(17)23)19(24)25-12-14-7-5-4-6-8-14/h4-8,10,13,15,17H,3,9,11-12H2,1-2H3. The molecule has 6 nitrogen and oxygen atoms in total. The zero-order valence-electron chi connectivity index (χ0n) is 14.6. The number of carbonyl (C=O) groups is 2. The monoisotopic (exact) mass is 341 g/mol. The Morgan fingerprint density at radius 1 is 1.32 bits per heavy atom. The number of benzene rings is 1. The van der Waals surface area contributed by atoms with Gasteiger partial charge >= 0.3 is 6.09 Å². The number of hydrogen-bond acceptors (Lipinski definition) is 4. The molecule has 2 heterocycles. The van der Waals surface area contributed by atoms with Gasteiger partial charge in [-0.15, -0.1) is 0 Å². The van der Waals surface area contributed by atoms with Crippen LogP contribution in [0.25, 0.3) is 0 Å². The molecule has 3 rings (SSSR count). The van der Waals surface area contributed by atoms with Gasteiger partial charge in [-0.3, -0.25) is 4.79 Å². The molecule has 1 aliphatic heterocycles. The van der Waals surface area contributed by atoms with E-state index in [1.165, 1.54) is 4.90 Å². The van der Waals surface area contributed by atoms with Crippen molar-refractivity contribution >= 4 is 12.0 Å². The molecule has 0 N–H and O–H groups in total. The van der Waals surface area contributed by atoms with Gasteiger partial charge in [-0.1, -0.05) is 37.3 Å². The molecule has 1 saturated heterocycles. The van der Waals surface area contributed by atoms with Gasteiger partial charge in [0.05, 0.1) is 6.33 Å². The lowest BCUT2D eigenvalue weighted by Crippen LogP contribution is -2.34. The average Bonchev–Trinajstić information content (AvgIpc) is 3.17. The summed E-state index contributed by atoms with van der Waals surface area (Å²) in [7, 11) is 1.94. The third-order valence-corrected chi connectivity index (χ3v) is 4.82. The van der Waals surface area contributed by atoms with Crippen molar-refractivity contribution in [1.82, 2.24) is 14.5 Å². The first kappa shape index (κ1) is 17.2. The van der Waals surface area contributed by atoms with Crippen LogP contribution < -0.4 is 0 Å². The van der Waals surface area contributed by atoms with E-state index >= 15 is 0 Å². The number of ether oxygens (including phenoxy) is 1. The first-order chi connectivity index (χ1) is 12.1. The largest absolute Gasteiger partial charge is 0.444 e. The molecule has 0 bridgehead atoms. The van der Waals surface area contributed by atoms with Crippen LogP contribution in [0, 0.1) is 11.8 Å². The van der Waals surface area contributed by atoms with Gasteiger partial charge in [0, 0.05) is 31.4 Å². The first-order valence-electron chi connectivity index (χ1n) is 8.57. The summed E-state index contributed by atoms with van der Waals surface area (Å²) in [5.74, 6) is -0.191. The fourth-order valence-corrected chi connectivity index (χ4v) is 3.38. The molecule has 1 aromatic heterocycles. The van der Waals surface area contributed by atoms with Crippen molar-refractivity contribution in [3.8, 4) is 0 Å². The normalized spacial score (nSPS) is 20.1. The number of imide groups is 1. The second-order valence-corrected chi connectivity index (χ2v) is 6.46. The Morgan fingerprint density at radius 3 is 2.72 bits per heavy atom. The SMILES string of the molecule is CCC1C(=O)N(C(=O)OCc2ccccc2)CC1Cc1cncn1C. The fraction of sp³-hybridized carbons (Fsp3) is 0.421. The maximum atomic E-state index is 12.6. The third-order valence-electron chi connectivity index (χ3n) is 4.82. The summed E-state index contributed by atoms with van der Waals surface area (Å²) in [6.07, 6.45) is 4.44. The quantitative estimate of drug-likeness (QED) is 0.839. The second-order valence-electron chi connectivity index (χ2n) is 6.46. The van der Waals surface area contributed by atoms with Gasteiger partial charge < -0.3 is 9.30 Å². The highest BCUT2D eigenvalue weighted by atomic mass is 16.6. The summed E-state index contributed by atoms with van der Waals surface area (Å²) in [4.78, 5) is 30.4. The van der Waals surface area contributed by atoms with Crippen LogP contribution in [0.3, 0.4) is 0 Å². The number of imidazole rings is 1. The van der Waals surface area contributed by atoms with Crippen LogP contribution >= 0.6 is 0 Å². The third kappa shape index (κ3) is 3.73.